The van der Waals surface area contributed by atoms with E-state index >= 15 is 0 Å². The quantitative estimate of drug-likeness (QED) is 0.839. The number of fused-ring (bicyclic) bond motifs is 1. The molecule has 0 unspecified atom stereocenters. The zero-order chi connectivity index (χ0) is 17.2. The maximum absolute atomic E-state index is 12.8. The van der Waals surface area contributed by atoms with Gasteiger partial charge in [0.25, 0.3) is 0 Å². The van der Waals surface area contributed by atoms with Crippen molar-refractivity contribution in [2.45, 2.75) is 25.1 Å². The summed E-state index contributed by atoms with van der Waals surface area (Å²) in [5.74, 6) is 0.0689. The van der Waals surface area contributed by atoms with Crippen LogP contribution in [-0.4, -0.2) is 42.4 Å². The van der Waals surface area contributed by atoms with Gasteiger partial charge in [-0.05, 0) is 23.3 Å². The number of alkyl halides is 3. The number of phenols is 1. The highest BCUT2D eigenvalue weighted by molar-refractivity contribution is 5.88. The molecule has 1 fully saturated rings. The van der Waals surface area contributed by atoms with Gasteiger partial charge in [0.15, 0.2) is 0 Å². The van der Waals surface area contributed by atoms with Crippen LogP contribution < -0.4 is 5.32 Å². The Kier molecular flexibility index (Phi) is 6.54. The Morgan fingerprint density at radius 1 is 1.08 bits per heavy atom. The number of halogens is 4. The van der Waals surface area contributed by atoms with Gasteiger partial charge in [-0.1, -0.05) is 30.3 Å². The lowest BCUT2D eigenvalue weighted by molar-refractivity contribution is -0.138. The Labute approximate surface area is 151 Å². The van der Waals surface area contributed by atoms with Gasteiger partial charge in [-0.3, -0.25) is 4.90 Å². The highest BCUT2D eigenvalue weighted by Crippen LogP contribution is 2.39. The maximum Gasteiger partial charge on any atom is 0.389 e. The third-order valence-electron chi connectivity index (χ3n) is 4.57. The number of piperazine rings is 1. The van der Waals surface area contributed by atoms with Crippen molar-refractivity contribution in [3.05, 3.63) is 42.0 Å². The summed E-state index contributed by atoms with van der Waals surface area (Å²) >= 11 is 0. The van der Waals surface area contributed by atoms with Crippen LogP contribution in [0.1, 0.15) is 24.4 Å². The van der Waals surface area contributed by atoms with Gasteiger partial charge in [0.1, 0.15) is 5.75 Å². The molecular weight excluding hydrogens is 353 g/mol. The Bertz CT molecular complexity index is 702. The molecule has 2 aromatic carbocycles. The van der Waals surface area contributed by atoms with Crippen molar-refractivity contribution in [3.8, 4) is 5.75 Å². The first-order valence-corrected chi connectivity index (χ1v) is 8.18. The number of rotatable bonds is 4. The number of benzene rings is 2. The highest BCUT2D eigenvalue weighted by atomic mass is 35.5. The smallest absolute Gasteiger partial charge is 0.389 e. The molecule has 0 amide bonds. The van der Waals surface area contributed by atoms with Crippen molar-refractivity contribution in [2.24, 2.45) is 0 Å². The van der Waals surface area contributed by atoms with Crippen LogP contribution in [0.5, 0.6) is 5.75 Å². The van der Waals surface area contributed by atoms with Crippen LogP contribution in [0.4, 0.5) is 13.2 Å². The molecule has 7 heteroatoms. The summed E-state index contributed by atoms with van der Waals surface area (Å²) in [4.78, 5) is 2.05. The molecule has 0 aromatic heterocycles. The molecule has 0 spiro atoms. The molecule has 2 aromatic rings. The van der Waals surface area contributed by atoms with Crippen molar-refractivity contribution in [3.63, 3.8) is 0 Å². The van der Waals surface area contributed by atoms with Crippen LogP contribution in [0.25, 0.3) is 10.8 Å². The summed E-state index contributed by atoms with van der Waals surface area (Å²) in [5.41, 5.74) is 0.610. The predicted molar refractivity (Wildman–Crippen MR) is 95.3 cm³/mol. The normalized spacial score (nSPS) is 17.2. The summed E-state index contributed by atoms with van der Waals surface area (Å²) in [6.45, 7) is 2.83. The first-order chi connectivity index (χ1) is 11.5. The van der Waals surface area contributed by atoms with Crippen molar-refractivity contribution >= 4 is 23.2 Å². The fraction of sp³-hybridized carbons (Fsp3) is 0.444. The van der Waals surface area contributed by atoms with Crippen molar-refractivity contribution in [1.29, 1.82) is 0 Å². The lowest BCUT2D eigenvalue weighted by atomic mass is 9.93. The van der Waals surface area contributed by atoms with E-state index in [1.54, 1.807) is 12.1 Å². The SMILES string of the molecule is Cl.Oc1ccc2ccccc2c1[C@@H](CCC(F)(F)F)N1CCNCC1. The van der Waals surface area contributed by atoms with Crippen LogP contribution in [0, 0.1) is 0 Å². The second-order valence-electron chi connectivity index (χ2n) is 6.18. The second-order valence-corrected chi connectivity index (χ2v) is 6.18. The van der Waals surface area contributed by atoms with Crippen LogP contribution in [0.3, 0.4) is 0 Å². The summed E-state index contributed by atoms with van der Waals surface area (Å²) in [5, 5.41) is 15.4. The summed E-state index contributed by atoms with van der Waals surface area (Å²) in [6.07, 6.45) is -5.11. The number of phenolic OH excluding ortho intramolecular Hbond substituents is 1. The molecule has 25 heavy (non-hydrogen) atoms. The van der Waals surface area contributed by atoms with E-state index in [9.17, 15) is 18.3 Å². The molecule has 0 radical (unpaired) electrons. The van der Waals surface area contributed by atoms with Crippen molar-refractivity contribution < 1.29 is 18.3 Å². The number of hydrogen-bond donors (Lipinski definition) is 2. The molecule has 0 saturated carbocycles. The van der Waals surface area contributed by atoms with Crippen LogP contribution >= 0.6 is 12.4 Å². The van der Waals surface area contributed by atoms with E-state index in [0.717, 1.165) is 23.9 Å². The molecular formula is C18H22ClF3N2O. The maximum atomic E-state index is 12.8. The van der Waals surface area contributed by atoms with E-state index in [1.165, 1.54) is 0 Å². The summed E-state index contributed by atoms with van der Waals surface area (Å²) < 4.78 is 38.5. The van der Waals surface area contributed by atoms with E-state index in [2.05, 4.69) is 5.32 Å². The first-order valence-electron chi connectivity index (χ1n) is 8.18. The topological polar surface area (TPSA) is 35.5 Å². The second kappa shape index (κ2) is 8.25. The van der Waals surface area contributed by atoms with Crippen LogP contribution in [0.15, 0.2) is 36.4 Å². The average Bonchev–Trinajstić information content (AvgIpc) is 2.57. The fourth-order valence-electron chi connectivity index (χ4n) is 3.44. The molecule has 1 aliphatic rings. The third kappa shape index (κ3) is 4.77. The van der Waals surface area contributed by atoms with Gasteiger partial charge in [0.05, 0.1) is 0 Å². The van der Waals surface area contributed by atoms with E-state index in [-0.39, 0.29) is 24.6 Å². The van der Waals surface area contributed by atoms with E-state index in [1.807, 2.05) is 29.2 Å². The zero-order valence-corrected chi connectivity index (χ0v) is 14.5. The fourth-order valence-corrected chi connectivity index (χ4v) is 3.44. The molecule has 138 valence electrons. The lowest BCUT2D eigenvalue weighted by Crippen LogP contribution is -2.45. The predicted octanol–water partition coefficient (Wildman–Crippen LogP) is 4.26. The monoisotopic (exact) mass is 374 g/mol. The average molecular weight is 375 g/mol. The molecule has 0 bridgehead atoms. The van der Waals surface area contributed by atoms with Crippen LogP contribution in [-0.2, 0) is 0 Å². The molecule has 2 N–H and O–H groups in total. The summed E-state index contributed by atoms with van der Waals surface area (Å²) in [6, 6.07) is 10.5. The minimum atomic E-state index is -4.20. The molecule has 1 aliphatic heterocycles. The minimum Gasteiger partial charge on any atom is -0.508 e. The molecule has 1 saturated heterocycles. The standard InChI is InChI=1S/C18H21F3N2O.ClH/c19-18(20,21)8-7-15(23-11-9-22-10-12-23)17-14-4-2-1-3-13(14)5-6-16(17)24;/h1-6,15,22,24H,7-12H2;1H/t15-;/m1./s1. The molecule has 3 rings (SSSR count). The van der Waals surface area contributed by atoms with Crippen molar-refractivity contribution in [1.82, 2.24) is 10.2 Å². The number of hydrogen-bond acceptors (Lipinski definition) is 3. The Balaban J connectivity index is 0.00000225. The largest absolute Gasteiger partial charge is 0.508 e. The van der Waals surface area contributed by atoms with E-state index in [0.29, 0.717) is 18.7 Å². The van der Waals surface area contributed by atoms with Gasteiger partial charge < -0.3 is 10.4 Å². The van der Waals surface area contributed by atoms with Gasteiger partial charge in [0, 0.05) is 44.2 Å². The highest BCUT2D eigenvalue weighted by Gasteiger charge is 2.33. The van der Waals surface area contributed by atoms with E-state index in [4.69, 9.17) is 0 Å². The van der Waals surface area contributed by atoms with Gasteiger partial charge in [-0.2, -0.15) is 13.2 Å². The Morgan fingerprint density at radius 2 is 1.76 bits per heavy atom. The lowest BCUT2D eigenvalue weighted by Gasteiger charge is -2.36. The van der Waals surface area contributed by atoms with Gasteiger partial charge in [-0.15, -0.1) is 12.4 Å². The zero-order valence-electron chi connectivity index (χ0n) is 13.7. The van der Waals surface area contributed by atoms with Crippen LogP contribution in [0.2, 0.25) is 0 Å². The number of aromatic hydroxyl groups is 1. The van der Waals surface area contributed by atoms with E-state index < -0.39 is 18.6 Å². The third-order valence-corrected chi connectivity index (χ3v) is 4.57. The molecule has 3 nitrogen and oxygen atoms in total. The molecule has 1 heterocycles. The molecule has 1 atom stereocenters. The minimum absolute atomic E-state index is 0. The Morgan fingerprint density at radius 3 is 2.44 bits per heavy atom. The molecule has 0 aliphatic carbocycles. The van der Waals surface area contributed by atoms with Gasteiger partial charge >= 0.3 is 6.18 Å². The first kappa shape index (κ1) is 19.8. The number of nitrogens with one attached hydrogen (secondary N) is 1. The van der Waals surface area contributed by atoms with Crippen molar-refractivity contribution in [2.75, 3.05) is 26.2 Å². The Hall–Kier alpha value is -1.50. The van der Waals surface area contributed by atoms with Gasteiger partial charge in [-0.25, -0.2) is 0 Å². The summed E-state index contributed by atoms with van der Waals surface area (Å²) in [7, 11) is 0. The number of nitrogens with zero attached hydrogens (tertiary/aromatic N) is 1. The van der Waals surface area contributed by atoms with Gasteiger partial charge in [0.2, 0.25) is 0 Å².